The second-order valence-electron chi connectivity index (χ2n) is 7.72. The Kier molecular flexibility index (Phi) is 5.97. The maximum atomic E-state index is 9.13. The third-order valence-corrected chi connectivity index (χ3v) is 6.79. The molecule has 3 aromatic rings. The number of hydrogen-bond acceptors (Lipinski definition) is 4. The van der Waals surface area contributed by atoms with Gasteiger partial charge in [0.1, 0.15) is 5.82 Å². The Hall–Kier alpha value is -2.32. The number of nitriles is 1. The fourth-order valence-corrected chi connectivity index (χ4v) is 5.05. The Balaban J connectivity index is 1.67. The van der Waals surface area contributed by atoms with Crippen LogP contribution in [0.1, 0.15) is 56.5 Å². The Morgan fingerprint density at radius 1 is 1.11 bits per heavy atom. The summed E-state index contributed by atoms with van der Waals surface area (Å²) in [6.07, 6.45) is 7.05. The number of thioether (sulfide) groups is 1. The van der Waals surface area contributed by atoms with Crippen LogP contribution in [0, 0.1) is 17.2 Å². The number of hydrogen-bond donors (Lipinski definition) is 0. The lowest BCUT2D eigenvalue weighted by molar-refractivity contribution is 0.330. The van der Waals surface area contributed by atoms with Crippen molar-refractivity contribution in [3.63, 3.8) is 0 Å². The van der Waals surface area contributed by atoms with Gasteiger partial charge in [-0.3, -0.25) is 0 Å². The molecule has 1 aromatic heterocycles. The van der Waals surface area contributed by atoms with Crippen molar-refractivity contribution in [1.82, 2.24) is 14.8 Å². The Morgan fingerprint density at radius 3 is 2.71 bits per heavy atom. The Bertz CT molecular complexity index is 976. The molecule has 1 fully saturated rings. The van der Waals surface area contributed by atoms with Gasteiger partial charge in [0.05, 0.1) is 12.0 Å². The second-order valence-corrected chi connectivity index (χ2v) is 8.70. The molecule has 5 heteroatoms. The summed E-state index contributed by atoms with van der Waals surface area (Å²) >= 11 is 1.68. The summed E-state index contributed by atoms with van der Waals surface area (Å²) in [5.74, 6) is 1.83. The summed E-state index contributed by atoms with van der Waals surface area (Å²) in [5, 5.41) is 21.8. The van der Waals surface area contributed by atoms with Gasteiger partial charge in [-0.15, -0.1) is 10.2 Å². The standard InChI is InChI=1S/C23H26N4S/c1-17(15-24)16-28-23-26-25-22(27(23)20-11-3-2-4-12-20)14-19-10-7-9-18-8-5-6-13-21(18)19/h5-10,13,17,20H,2-4,11-12,14,16H2,1H3/t17-/m0/s1. The van der Waals surface area contributed by atoms with Gasteiger partial charge in [0.15, 0.2) is 5.16 Å². The van der Waals surface area contributed by atoms with Crippen molar-refractivity contribution >= 4 is 22.5 Å². The Morgan fingerprint density at radius 2 is 1.89 bits per heavy atom. The molecule has 28 heavy (non-hydrogen) atoms. The minimum atomic E-state index is 0.0167. The van der Waals surface area contributed by atoms with E-state index in [9.17, 15) is 0 Å². The third-order valence-electron chi connectivity index (χ3n) is 5.59. The second kappa shape index (κ2) is 8.79. The van der Waals surface area contributed by atoms with E-state index < -0.39 is 0 Å². The quantitative estimate of drug-likeness (QED) is 0.501. The van der Waals surface area contributed by atoms with E-state index in [-0.39, 0.29) is 5.92 Å². The monoisotopic (exact) mass is 390 g/mol. The van der Waals surface area contributed by atoms with Gasteiger partial charge in [-0.25, -0.2) is 0 Å². The molecule has 1 aliphatic rings. The summed E-state index contributed by atoms with van der Waals surface area (Å²) in [4.78, 5) is 0. The summed E-state index contributed by atoms with van der Waals surface area (Å²) in [6, 6.07) is 17.8. The minimum Gasteiger partial charge on any atom is -0.303 e. The third kappa shape index (κ3) is 4.07. The molecule has 4 nitrogen and oxygen atoms in total. The van der Waals surface area contributed by atoms with Gasteiger partial charge in [-0.05, 0) is 36.1 Å². The molecule has 0 unspecified atom stereocenters. The van der Waals surface area contributed by atoms with Crippen molar-refractivity contribution in [3.05, 3.63) is 53.9 Å². The van der Waals surface area contributed by atoms with Crippen molar-refractivity contribution in [2.24, 2.45) is 5.92 Å². The molecule has 0 bridgehead atoms. The highest BCUT2D eigenvalue weighted by Gasteiger charge is 2.23. The molecular weight excluding hydrogens is 364 g/mol. The maximum absolute atomic E-state index is 9.13. The first kappa shape index (κ1) is 19.0. The van der Waals surface area contributed by atoms with Crippen LogP contribution in [0.25, 0.3) is 10.8 Å². The number of aromatic nitrogens is 3. The fourth-order valence-electron chi connectivity index (χ4n) is 4.09. The van der Waals surface area contributed by atoms with Gasteiger partial charge < -0.3 is 4.57 Å². The van der Waals surface area contributed by atoms with Crippen LogP contribution in [-0.2, 0) is 6.42 Å². The lowest BCUT2D eigenvalue weighted by atomic mass is 9.95. The van der Waals surface area contributed by atoms with Crippen LogP contribution in [0.2, 0.25) is 0 Å². The van der Waals surface area contributed by atoms with E-state index in [0.29, 0.717) is 6.04 Å². The first-order chi connectivity index (χ1) is 13.8. The molecule has 4 rings (SSSR count). The van der Waals surface area contributed by atoms with Crippen LogP contribution in [0.15, 0.2) is 47.6 Å². The summed E-state index contributed by atoms with van der Waals surface area (Å²) in [5.41, 5.74) is 1.30. The van der Waals surface area contributed by atoms with Crippen LogP contribution in [0.4, 0.5) is 0 Å². The van der Waals surface area contributed by atoms with E-state index in [1.807, 2.05) is 6.92 Å². The molecular formula is C23H26N4S. The molecule has 0 amide bonds. The van der Waals surface area contributed by atoms with Crippen molar-refractivity contribution in [3.8, 4) is 6.07 Å². The number of nitrogens with zero attached hydrogens (tertiary/aromatic N) is 4. The molecule has 2 aromatic carbocycles. The van der Waals surface area contributed by atoms with Gasteiger partial charge >= 0.3 is 0 Å². The van der Waals surface area contributed by atoms with E-state index in [0.717, 1.165) is 23.2 Å². The fraction of sp³-hybridized carbons (Fsp3) is 0.435. The zero-order valence-corrected chi connectivity index (χ0v) is 17.2. The number of benzene rings is 2. The van der Waals surface area contributed by atoms with E-state index in [4.69, 9.17) is 5.26 Å². The summed E-state index contributed by atoms with van der Waals surface area (Å²) in [7, 11) is 0. The van der Waals surface area contributed by atoms with Crippen LogP contribution in [0.5, 0.6) is 0 Å². The predicted octanol–water partition coefficient (Wildman–Crippen LogP) is 5.78. The van der Waals surface area contributed by atoms with Crippen LogP contribution in [-0.4, -0.2) is 20.5 Å². The largest absolute Gasteiger partial charge is 0.303 e. The van der Waals surface area contributed by atoms with Gasteiger partial charge in [0.25, 0.3) is 0 Å². The lowest BCUT2D eigenvalue weighted by Gasteiger charge is -2.25. The number of fused-ring (bicyclic) bond motifs is 1. The van der Waals surface area contributed by atoms with E-state index >= 15 is 0 Å². The average molecular weight is 391 g/mol. The normalized spacial score (nSPS) is 16.1. The minimum absolute atomic E-state index is 0.0167. The highest BCUT2D eigenvalue weighted by Crippen LogP contribution is 2.34. The van der Waals surface area contributed by atoms with Crippen LogP contribution in [0.3, 0.4) is 0 Å². The van der Waals surface area contributed by atoms with E-state index in [2.05, 4.69) is 63.3 Å². The van der Waals surface area contributed by atoms with E-state index in [1.54, 1.807) is 11.8 Å². The maximum Gasteiger partial charge on any atom is 0.191 e. The molecule has 1 saturated carbocycles. The predicted molar refractivity (Wildman–Crippen MR) is 114 cm³/mol. The molecule has 0 N–H and O–H groups in total. The molecule has 1 atom stereocenters. The molecule has 0 spiro atoms. The van der Waals surface area contributed by atoms with Crippen molar-refractivity contribution in [2.45, 2.75) is 56.6 Å². The molecule has 0 saturated heterocycles. The molecule has 0 aliphatic heterocycles. The van der Waals surface area contributed by atoms with Crippen molar-refractivity contribution in [1.29, 1.82) is 5.26 Å². The van der Waals surface area contributed by atoms with Gasteiger partial charge in [0, 0.05) is 18.2 Å². The summed E-state index contributed by atoms with van der Waals surface area (Å²) in [6.45, 7) is 1.96. The molecule has 1 aliphatic carbocycles. The SMILES string of the molecule is C[C@@H](C#N)CSc1nnc(Cc2cccc3ccccc23)n1C1CCCCC1. The smallest absolute Gasteiger partial charge is 0.191 e. The van der Waals surface area contributed by atoms with Crippen LogP contribution >= 0.6 is 11.8 Å². The van der Waals surface area contributed by atoms with Gasteiger partial charge in [0.2, 0.25) is 0 Å². The zero-order valence-electron chi connectivity index (χ0n) is 16.3. The van der Waals surface area contributed by atoms with Gasteiger partial charge in [-0.1, -0.05) is 73.5 Å². The Labute approximate surface area is 171 Å². The van der Waals surface area contributed by atoms with E-state index in [1.165, 1.54) is 48.4 Å². The average Bonchev–Trinajstić information content (AvgIpc) is 3.15. The molecule has 0 radical (unpaired) electrons. The highest BCUT2D eigenvalue weighted by molar-refractivity contribution is 7.99. The first-order valence-corrected chi connectivity index (χ1v) is 11.2. The summed E-state index contributed by atoms with van der Waals surface area (Å²) < 4.78 is 2.38. The zero-order chi connectivity index (χ0) is 19.3. The highest BCUT2D eigenvalue weighted by atomic mass is 32.2. The van der Waals surface area contributed by atoms with Crippen molar-refractivity contribution < 1.29 is 0 Å². The topological polar surface area (TPSA) is 54.5 Å². The first-order valence-electron chi connectivity index (χ1n) is 10.2. The lowest BCUT2D eigenvalue weighted by Crippen LogP contribution is -2.17. The van der Waals surface area contributed by atoms with Gasteiger partial charge in [-0.2, -0.15) is 5.26 Å². The van der Waals surface area contributed by atoms with Crippen molar-refractivity contribution in [2.75, 3.05) is 5.75 Å². The molecule has 1 heterocycles. The molecule has 144 valence electrons. The van der Waals surface area contributed by atoms with Crippen LogP contribution < -0.4 is 0 Å². The number of rotatable bonds is 6.